The van der Waals surface area contributed by atoms with Gasteiger partial charge in [0.05, 0.1) is 11.9 Å². The normalized spacial score (nSPS) is 15.0. The van der Waals surface area contributed by atoms with E-state index in [-0.39, 0.29) is 12.4 Å². The Morgan fingerprint density at radius 2 is 2.25 bits per heavy atom. The number of halogens is 1. The first-order chi connectivity index (χ1) is 7.43. The lowest BCUT2D eigenvalue weighted by Gasteiger charge is -2.03. The molecular weight excluding hydrogens is 222 g/mol. The number of hydrogen-bond acceptors (Lipinski definition) is 2. The highest BCUT2D eigenvalue weighted by atomic mass is 35.5. The van der Waals surface area contributed by atoms with Crippen LogP contribution in [0.3, 0.4) is 0 Å². The minimum absolute atomic E-state index is 0. The van der Waals surface area contributed by atoms with Gasteiger partial charge in [-0.05, 0) is 37.4 Å². The maximum Gasteiger partial charge on any atom is 0.136 e. The summed E-state index contributed by atoms with van der Waals surface area (Å²) in [5.41, 5.74) is 2.27. The van der Waals surface area contributed by atoms with Crippen LogP contribution in [0.1, 0.15) is 18.5 Å². The summed E-state index contributed by atoms with van der Waals surface area (Å²) in [7, 11) is 0. The third kappa shape index (κ3) is 2.36. The van der Waals surface area contributed by atoms with Crippen molar-refractivity contribution in [3.8, 4) is 0 Å². The maximum absolute atomic E-state index is 4.36. The summed E-state index contributed by atoms with van der Waals surface area (Å²) >= 11 is 0. The fourth-order valence-electron chi connectivity index (χ4n) is 1.84. The van der Waals surface area contributed by atoms with E-state index in [1.165, 1.54) is 18.5 Å². The molecule has 3 rings (SSSR count). The molecule has 1 aliphatic rings. The van der Waals surface area contributed by atoms with E-state index in [0.29, 0.717) is 0 Å². The van der Waals surface area contributed by atoms with Crippen LogP contribution in [-0.2, 0) is 6.54 Å². The van der Waals surface area contributed by atoms with Gasteiger partial charge in [-0.3, -0.25) is 0 Å². The van der Waals surface area contributed by atoms with Crippen LogP contribution >= 0.6 is 12.4 Å². The van der Waals surface area contributed by atoms with Crippen LogP contribution in [0, 0.1) is 5.92 Å². The van der Waals surface area contributed by atoms with Crippen LogP contribution in [0.15, 0.2) is 30.6 Å². The first kappa shape index (κ1) is 11.4. The van der Waals surface area contributed by atoms with Crippen LogP contribution in [0.25, 0.3) is 5.65 Å². The SMILES string of the molecule is Cl.c1ccn2c(CNCC3CC3)cnc2c1. The van der Waals surface area contributed by atoms with Gasteiger partial charge in [-0.2, -0.15) is 0 Å². The Balaban J connectivity index is 0.000000963. The second-order valence-corrected chi connectivity index (χ2v) is 4.25. The van der Waals surface area contributed by atoms with Crippen molar-refractivity contribution in [1.82, 2.24) is 14.7 Å². The van der Waals surface area contributed by atoms with Crippen LogP contribution in [-0.4, -0.2) is 15.9 Å². The van der Waals surface area contributed by atoms with Crippen molar-refractivity contribution in [3.63, 3.8) is 0 Å². The number of hydrogen-bond donors (Lipinski definition) is 1. The largest absolute Gasteiger partial charge is 0.311 e. The summed E-state index contributed by atoms with van der Waals surface area (Å²) in [5.74, 6) is 0.934. The zero-order chi connectivity index (χ0) is 10.1. The Labute approximate surface area is 101 Å². The molecule has 1 aliphatic carbocycles. The van der Waals surface area contributed by atoms with Gasteiger partial charge in [-0.15, -0.1) is 12.4 Å². The highest BCUT2D eigenvalue weighted by Gasteiger charge is 2.20. The standard InChI is InChI=1S/C12H15N3.ClH/c1-2-6-15-11(9-14-12(15)3-1)8-13-7-10-4-5-10;/h1-3,6,9-10,13H,4-5,7-8H2;1H. The third-order valence-corrected chi connectivity index (χ3v) is 2.93. The summed E-state index contributed by atoms with van der Waals surface area (Å²) in [5, 5.41) is 3.48. The molecule has 3 nitrogen and oxygen atoms in total. The van der Waals surface area contributed by atoms with Gasteiger partial charge in [0.1, 0.15) is 5.65 Å². The van der Waals surface area contributed by atoms with E-state index < -0.39 is 0 Å². The molecule has 2 aromatic rings. The molecule has 16 heavy (non-hydrogen) atoms. The lowest BCUT2D eigenvalue weighted by Crippen LogP contribution is -2.17. The average molecular weight is 238 g/mol. The second-order valence-electron chi connectivity index (χ2n) is 4.25. The van der Waals surface area contributed by atoms with E-state index in [2.05, 4.69) is 20.9 Å². The highest BCUT2D eigenvalue weighted by molar-refractivity contribution is 5.85. The molecule has 0 amide bonds. The molecule has 0 spiro atoms. The minimum atomic E-state index is 0. The topological polar surface area (TPSA) is 29.3 Å². The number of nitrogens with one attached hydrogen (secondary N) is 1. The van der Waals surface area contributed by atoms with Gasteiger partial charge in [-0.1, -0.05) is 6.07 Å². The Morgan fingerprint density at radius 3 is 3.06 bits per heavy atom. The Hall–Kier alpha value is -1.06. The summed E-state index contributed by atoms with van der Waals surface area (Å²) in [6.07, 6.45) is 6.83. The van der Waals surface area contributed by atoms with Crippen molar-refractivity contribution in [1.29, 1.82) is 0 Å². The predicted octanol–water partition coefficient (Wildman–Crippen LogP) is 2.26. The number of nitrogens with zero attached hydrogens (tertiary/aromatic N) is 2. The number of pyridine rings is 1. The zero-order valence-electron chi connectivity index (χ0n) is 9.10. The third-order valence-electron chi connectivity index (χ3n) is 2.93. The van der Waals surface area contributed by atoms with E-state index in [0.717, 1.165) is 24.7 Å². The number of imidazole rings is 1. The van der Waals surface area contributed by atoms with Crippen LogP contribution in [0.2, 0.25) is 0 Å². The van der Waals surface area contributed by atoms with Gasteiger partial charge in [0, 0.05) is 12.7 Å². The molecular formula is C12H16ClN3. The van der Waals surface area contributed by atoms with Crippen LogP contribution in [0.4, 0.5) is 0 Å². The smallest absolute Gasteiger partial charge is 0.136 e. The van der Waals surface area contributed by atoms with Gasteiger partial charge < -0.3 is 9.72 Å². The monoisotopic (exact) mass is 237 g/mol. The summed E-state index contributed by atoms with van der Waals surface area (Å²) in [6, 6.07) is 6.09. The quantitative estimate of drug-likeness (QED) is 0.884. The predicted molar refractivity (Wildman–Crippen MR) is 66.9 cm³/mol. The Bertz CT molecular complexity index is 462. The zero-order valence-corrected chi connectivity index (χ0v) is 9.91. The fraction of sp³-hybridized carbons (Fsp3) is 0.417. The van der Waals surface area contributed by atoms with Crippen molar-refractivity contribution < 1.29 is 0 Å². The van der Waals surface area contributed by atoms with Crippen LogP contribution < -0.4 is 5.32 Å². The molecule has 2 aromatic heterocycles. The van der Waals surface area contributed by atoms with Crippen molar-refractivity contribution in [2.24, 2.45) is 5.92 Å². The van der Waals surface area contributed by atoms with Crippen molar-refractivity contribution in [3.05, 3.63) is 36.3 Å². The van der Waals surface area contributed by atoms with Gasteiger partial charge in [0.25, 0.3) is 0 Å². The van der Waals surface area contributed by atoms with Crippen molar-refractivity contribution in [2.45, 2.75) is 19.4 Å². The fourth-order valence-corrected chi connectivity index (χ4v) is 1.84. The molecule has 1 saturated carbocycles. The van der Waals surface area contributed by atoms with E-state index in [9.17, 15) is 0 Å². The molecule has 0 saturated heterocycles. The van der Waals surface area contributed by atoms with Gasteiger partial charge in [-0.25, -0.2) is 4.98 Å². The molecule has 0 bridgehead atoms. The number of fused-ring (bicyclic) bond motifs is 1. The van der Waals surface area contributed by atoms with E-state index in [1.807, 2.05) is 24.4 Å². The molecule has 1 fully saturated rings. The summed E-state index contributed by atoms with van der Waals surface area (Å²) in [4.78, 5) is 4.36. The van der Waals surface area contributed by atoms with Gasteiger partial charge in [0.2, 0.25) is 0 Å². The highest BCUT2D eigenvalue weighted by Crippen LogP contribution is 2.27. The first-order valence-corrected chi connectivity index (χ1v) is 5.55. The number of rotatable bonds is 4. The van der Waals surface area contributed by atoms with Gasteiger partial charge >= 0.3 is 0 Å². The maximum atomic E-state index is 4.36. The van der Waals surface area contributed by atoms with E-state index in [1.54, 1.807) is 0 Å². The summed E-state index contributed by atoms with van der Waals surface area (Å²) in [6.45, 7) is 2.07. The molecule has 0 radical (unpaired) electrons. The average Bonchev–Trinajstić information content (AvgIpc) is 3.00. The molecule has 0 unspecified atom stereocenters. The summed E-state index contributed by atoms with van der Waals surface area (Å²) < 4.78 is 2.14. The van der Waals surface area contributed by atoms with Crippen LogP contribution in [0.5, 0.6) is 0 Å². The molecule has 1 N–H and O–H groups in total. The number of aromatic nitrogens is 2. The molecule has 0 aliphatic heterocycles. The van der Waals surface area contributed by atoms with Crippen molar-refractivity contribution in [2.75, 3.05) is 6.54 Å². The molecule has 2 heterocycles. The molecule has 0 aromatic carbocycles. The second kappa shape index (κ2) is 4.85. The molecule has 0 atom stereocenters. The Kier molecular flexibility index (Phi) is 3.46. The van der Waals surface area contributed by atoms with E-state index >= 15 is 0 Å². The van der Waals surface area contributed by atoms with Crippen molar-refractivity contribution >= 4 is 18.1 Å². The molecule has 86 valence electrons. The van der Waals surface area contributed by atoms with Gasteiger partial charge in [0.15, 0.2) is 0 Å². The first-order valence-electron chi connectivity index (χ1n) is 5.55. The lowest BCUT2D eigenvalue weighted by molar-refractivity contribution is 0.627. The molecule has 4 heteroatoms. The lowest BCUT2D eigenvalue weighted by atomic mass is 10.4. The Morgan fingerprint density at radius 1 is 1.38 bits per heavy atom. The van der Waals surface area contributed by atoms with E-state index in [4.69, 9.17) is 0 Å². The minimum Gasteiger partial charge on any atom is -0.311 e.